The van der Waals surface area contributed by atoms with Gasteiger partial charge < -0.3 is 0 Å². The van der Waals surface area contributed by atoms with Crippen molar-refractivity contribution in [3.8, 4) is 0 Å². The Morgan fingerprint density at radius 1 is 1.38 bits per heavy atom. The summed E-state index contributed by atoms with van der Waals surface area (Å²) in [5, 5.41) is 0. The first kappa shape index (κ1) is 12.5. The molecule has 7 heteroatoms. The third-order valence-electron chi connectivity index (χ3n) is 1.84. The number of aromatic nitrogens is 1. The molecule has 0 fully saturated rings. The van der Waals surface area contributed by atoms with Gasteiger partial charge in [-0.25, -0.2) is 13.8 Å². The van der Waals surface area contributed by atoms with Gasteiger partial charge in [-0.3, -0.25) is 4.79 Å². The zero-order chi connectivity index (χ0) is 12.5. The van der Waals surface area contributed by atoms with Gasteiger partial charge in [-0.05, 0) is 13.0 Å². The molecule has 0 N–H and O–H groups in total. The number of hydrogen-bond acceptors (Lipinski definition) is 2. The van der Waals surface area contributed by atoms with Gasteiger partial charge in [-0.1, -0.05) is 0 Å². The summed E-state index contributed by atoms with van der Waals surface area (Å²) in [6, 6.07) is 0.768. The number of hydrogen-bond donors (Lipinski definition) is 0. The van der Waals surface area contributed by atoms with Crippen LogP contribution in [0, 0.1) is 6.92 Å². The van der Waals surface area contributed by atoms with Gasteiger partial charge in [0, 0.05) is 11.3 Å². The first-order chi connectivity index (χ1) is 7.27. The Hall–Kier alpha value is -1.53. The maximum absolute atomic E-state index is 12.4. The highest BCUT2D eigenvalue weighted by Gasteiger charge is 2.37. The zero-order valence-corrected chi connectivity index (χ0v) is 7.98. The van der Waals surface area contributed by atoms with E-state index in [9.17, 15) is 26.7 Å². The predicted octanol–water partition coefficient (Wildman–Crippen LogP) is 3.16. The molecule has 0 bridgehead atoms. The van der Waals surface area contributed by atoms with Crippen molar-refractivity contribution in [2.24, 2.45) is 0 Å². The average molecular weight is 239 g/mol. The van der Waals surface area contributed by atoms with E-state index >= 15 is 0 Å². The Bertz CT molecular complexity index is 413. The van der Waals surface area contributed by atoms with Crippen molar-refractivity contribution >= 4 is 6.29 Å². The summed E-state index contributed by atoms with van der Waals surface area (Å²) < 4.78 is 62.0. The van der Waals surface area contributed by atoms with Crippen LogP contribution < -0.4 is 0 Å². The molecule has 1 aromatic heterocycles. The molecule has 1 rings (SSSR count). The highest BCUT2D eigenvalue weighted by molar-refractivity contribution is 5.79. The fraction of sp³-hybridized carbons (Fsp3) is 0.333. The number of carbonyl (C=O) groups is 1. The number of pyridine rings is 1. The molecule has 1 heterocycles. The van der Waals surface area contributed by atoms with Crippen LogP contribution in [-0.4, -0.2) is 11.3 Å². The van der Waals surface area contributed by atoms with Crippen LogP contribution in [-0.2, 0) is 6.18 Å². The molecule has 0 unspecified atom stereocenters. The van der Waals surface area contributed by atoms with E-state index in [1.165, 1.54) is 0 Å². The summed E-state index contributed by atoms with van der Waals surface area (Å²) in [4.78, 5) is 13.5. The molecule has 0 saturated heterocycles. The standard InChI is InChI=1S/C9H6F5NO/c1-4-2-5(8(10)11)6(3-16)7(15-4)9(12,13)14/h2-3,8H,1H3. The van der Waals surface area contributed by atoms with Gasteiger partial charge in [-0.2, -0.15) is 13.2 Å². The van der Waals surface area contributed by atoms with Crippen LogP contribution >= 0.6 is 0 Å². The number of rotatable bonds is 2. The van der Waals surface area contributed by atoms with Crippen molar-refractivity contribution in [1.82, 2.24) is 4.98 Å². The SMILES string of the molecule is Cc1cc(C(F)F)c(C=O)c(C(F)(F)F)n1. The summed E-state index contributed by atoms with van der Waals surface area (Å²) in [6.45, 7) is 1.15. The average Bonchev–Trinajstić information content (AvgIpc) is 2.14. The first-order valence-electron chi connectivity index (χ1n) is 4.09. The molecular weight excluding hydrogens is 233 g/mol. The Balaban J connectivity index is 3.55. The van der Waals surface area contributed by atoms with E-state index in [-0.39, 0.29) is 12.0 Å². The maximum atomic E-state index is 12.4. The van der Waals surface area contributed by atoms with E-state index in [0.717, 1.165) is 13.0 Å². The summed E-state index contributed by atoms with van der Waals surface area (Å²) in [6.07, 6.45) is -8.33. The van der Waals surface area contributed by atoms with Crippen molar-refractivity contribution in [3.05, 3.63) is 28.6 Å². The predicted molar refractivity (Wildman–Crippen MR) is 44.3 cm³/mol. The molecule has 0 amide bonds. The van der Waals surface area contributed by atoms with Gasteiger partial charge in [0.25, 0.3) is 6.43 Å². The van der Waals surface area contributed by atoms with Crippen molar-refractivity contribution < 1.29 is 26.7 Å². The number of carbonyl (C=O) groups excluding carboxylic acids is 1. The normalized spacial score (nSPS) is 11.9. The van der Waals surface area contributed by atoms with E-state index in [1.807, 2.05) is 0 Å². The van der Waals surface area contributed by atoms with Crippen molar-refractivity contribution in [1.29, 1.82) is 0 Å². The van der Waals surface area contributed by atoms with E-state index in [1.54, 1.807) is 0 Å². The number of halogens is 5. The van der Waals surface area contributed by atoms with Crippen LogP contribution in [0.25, 0.3) is 0 Å². The lowest BCUT2D eigenvalue weighted by Gasteiger charge is -2.12. The number of nitrogens with zero attached hydrogens (tertiary/aromatic N) is 1. The largest absolute Gasteiger partial charge is 0.434 e. The molecular formula is C9H6F5NO. The molecule has 0 saturated carbocycles. The van der Waals surface area contributed by atoms with E-state index in [2.05, 4.69) is 4.98 Å². The van der Waals surface area contributed by atoms with Crippen LogP contribution in [0.15, 0.2) is 6.07 Å². The Kier molecular flexibility index (Phi) is 3.25. The smallest absolute Gasteiger partial charge is 0.298 e. The minimum Gasteiger partial charge on any atom is -0.298 e. The van der Waals surface area contributed by atoms with Gasteiger partial charge in [0.2, 0.25) is 0 Å². The fourth-order valence-electron chi connectivity index (χ4n) is 1.23. The van der Waals surface area contributed by atoms with Crippen LogP contribution in [0.5, 0.6) is 0 Å². The minimum absolute atomic E-state index is 0.215. The van der Waals surface area contributed by atoms with Gasteiger partial charge in [0.05, 0.1) is 5.56 Å². The highest BCUT2D eigenvalue weighted by Crippen LogP contribution is 2.34. The molecule has 0 aliphatic heterocycles. The van der Waals surface area contributed by atoms with Crippen LogP contribution in [0.2, 0.25) is 0 Å². The topological polar surface area (TPSA) is 30.0 Å². The molecule has 1 aromatic rings. The second-order valence-electron chi connectivity index (χ2n) is 3.03. The summed E-state index contributed by atoms with van der Waals surface area (Å²) in [7, 11) is 0. The Morgan fingerprint density at radius 3 is 2.31 bits per heavy atom. The third kappa shape index (κ3) is 2.34. The zero-order valence-electron chi connectivity index (χ0n) is 7.98. The van der Waals surface area contributed by atoms with Crippen molar-refractivity contribution in [2.75, 3.05) is 0 Å². The molecule has 0 spiro atoms. The molecule has 0 radical (unpaired) electrons. The van der Waals surface area contributed by atoms with Gasteiger partial charge in [-0.15, -0.1) is 0 Å². The van der Waals surface area contributed by atoms with Gasteiger partial charge in [0.1, 0.15) is 0 Å². The minimum atomic E-state index is -4.92. The summed E-state index contributed by atoms with van der Waals surface area (Å²) in [5.41, 5.74) is -3.84. The number of aldehydes is 1. The highest BCUT2D eigenvalue weighted by atomic mass is 19.4. The van der Waals surface area contributed by atoms with Crippen molar-refractivity contribution in [2.45, 2.75) is 19.5 Å². The second kappa shape index (κ2) is 4.15. The first-order valence-corrected chi connectivity index (χ1v) is 4.09. The molecule has 0 atom stereocenters. The fourth-order valence-corrected chi connectivity index (χ4v) is 1.23. The monoisotopic (exact) mass is 239 g/mol. The van der Waals surface area contributed by atoms with E-state index in [4.69, 9.17) is 0 Å². The molecule has 16 heavy (non-hydrogen) atoms. The van der Waals surface area contributed by atoms with Gasteiger partial charge in [0.15, 0.2) is 12.0 Å². The molecule has 0 aliphatic carbocycles. The number of alkyl halides is 5. The summed E-state index contributed by atoms with van der Waals surface area (Å²) in [5.74, 6) is 0. The van der Waals surface area contributed by atoms with Crippen LogP contribution in [0.1, 0.15) is 33.7 Å². The number of aryl methyl sites for hydroxylation is 1. The Labute approximate surface area is 87.1 Å². The van der Waals surface area contributed by atoms with E-state index < -0.39 is 29.4 Å². The van der Waals surface area contributed by atoms with Crippen molar-refractivity contribution in [3.63, 3.8) is 0 Å². The maximum Gasteiger partial charge on any atom is 0.434 e. The molecule has 2 nitrogen and oxygen atoms in total. The lowest BCUT2D eigenvalue weighted by Crippen LogP contribution is -2.15. The van der Waals surface area contributed by atoms with E-state index in [0.29, 0.717) is 0 Å². The quantitative estimate of drug-likeness (QED) is 0.586. The van der Waals surface area contributed by atoms with Crippen LogP contribution in [0.3, 0.4) is 0 Å². The third-order valence-corrected chi connectivity index (χ3v) is 1.84. The summed E-state index contributed by atoms with van der Waals surface area (Å²) >= 11 is 0. The van der Waals surface area contributed by atoms with Gasteiger partial charge >= 0.3 is 6.18 Å². The lowest BCUT2D eigenvalue weighted by atomic mass is 10.1. The second-order valence-corrected chi connectivity index (χ2v) is 3.03. The van der Waals surface area contributed by atoms with Crippen LogP contribution in [0.4, 0.5) is 22.0 Å². The molecule has 0 aromatic carbocycles. The molecule has 0 aliphatic rings. The Morgan fingerprint density at radius 2 is 1.94 bits per heavy atom. The lowest BCUT2D eigenvalue weighted by molar-refractivity contribution is -0.141. The molecule has 88 valence electrons.